The molecule has 3 rings (SSSR count). The van der Waals surface area contributed by atoms with Crippen molar-refractivity contribution >= 4 is 49.3 Å². The summed E-state index contributed by atoms with van der Waals surface area (Å²) in [5, 5.41) is 5.83. The zero-order valence-electron chi connectivity index (χ0n) is 13.4. The van der Waals surface area contributed by atoms with Gasteiger partial charge >= 0.3 is 0 Å². The van der Waals surface area contributed by atoms with Crippen LogP contribution in [-0.4, -0.2) is 38.9 Å². The van der Waals surface area contributed by atoms with E-state index < -0.39 is 6.04 Å². The lowest BCUT2D eigenvalue weighted by atomic mass is 10.2. The van der Waals surface area contributed by atoms with Crippen molar-refractivity contribution in [3.8, 4) is 0 Å². The molecule has 2 heterocycles. The highest BCUT2D eigenvalue weighted by molar-refractivity contribution is 9.10. The van der Waals surface area contributed by atoms with Crippen LogP contribution < -0.4 is 10.6 Å². The summed E-state index contributed by atoms with van der Waals surface area (Å²) in [6.45, 7) is 2.62. The molecular weight excluding hydrogens is 406 g/mol. The molecule has 0 fully saturated rings. The number of imidazole rings is 1. The predicted molar refractivity (Wildman–Crippen MR) is 99.5 cm³/mol. The molecule has 0 spiro atoms. The zero-order valence-corrected chi connectivity index (χ0v) is 15.8. The van der Waals surface area contributed by atoms with E-state index in [1.54, 1.807) is 23.3 Å². The van der Waals surface area contributed by atoms with Crippen molar-refractivity contribution in [2.45, 2.75) is 19.5 Å². The summed E-state index contributed by atoms with van der Waals surface area (Å²) < 4.78 is 3.58. The Morgan fingerprint density at radius 2 is 2.24 bits per heavy atom. The van der Waals surface area contributed by atoms with Gasteiger partial charge in [-0.15, -0.1) is 11.3 Å². The highest BCUT2D eigenvalue weighted by Gasteiger charge is 2.23. The van der Waals surface area contributed by atoms with Crippen LogP contribution in [0.1, 0.15) is 16.7 Å². The van der Waals surface area contributed by atoms with E-state index in [0.29, 0.717) is 18.1 Å². The average molecular weight is 422 g/mol. The number of aromatic nitrogens is 3. The van der Waals surface area contributed by atoms with Gasteiger partial charge in [0.15, 0.2) is 5.01 Å². The van der Waals surface area contributed by atoms with Crippen molar-refractivity contribution in [1.29, 1.82) is 0 Å². The lowest BCUT2D eigenvalue weighted by Gasteiger charge is -2.17. The Morgan fingerprint density at radius 1 is 1.40 bits per heavy atom. The highest BCUT2D eigenvalue weighted by atomic mass is 79.9. The molecule has 2 N–H and O–H groups in total. The third-order valence-corrected chi connectivity index (χ3v) is 4.98. The fraction of sp³-hybridized carbons (Fsp3) is 0.250. The molecule has 130 valence electrons. The van der Waals surface area contributed by atoms with Crippen molar-refractivity contribution in [3.63, 3.8) is 0 Å². The van der Waals surface area contributed by atoms with Gasteiger partial charge < -0.3 is 15.2 Å². The first-order chi connectivity index (χ1) is 12.1. The molecule has 1 atom stereocenters. The number of amides is 2. The van der Waals surface area contributed by atoms with E-state index in [-0.39, 0.29) is 11.8 Å². The number of benzene rings is 1. The van der Waals surface area contributed by atoms with E-state index in [1.807, 2.05) is 25.1 Å². The van der Waals surface area contributed by atoms with E-state index in [2.05, 4.69) is 36.5 Å². The van der Waals surface area contributed by atoms with Gasteiger partial charge in [0.05, 0.1) is 23.1 Å². The van der Waals surface area contributed by atoms with Gasteiger partial charge in [-0.3, -0.25) is 9.59 Å². The smallest absolute Gasteiger partial charge is 0.281 e. The summed E-state index contributed by atoms with van der Waals surface area (Å²) >= 11 is 4.70. The average Bonchev–Trinajstić information content (AvgIpc) is 3.23. The summed E-state index contributed by atoms with van der Waals surface area (Å²) in [5.41, 5.74) is 0.752. The van der Waals surface area contributed by atoms with Crippen LogP contribution in [0.4, 0.5) is 0 Å². The molecule has 1 aromatic carbocycles. The van der Waals surface area contributed by atoms with Gasteiger partial charge in [0.2, 0.25) is 5.91 Å². The highest BCUT2D eigenvalue weighted by Crippen LogP contribution is 2.25. The topological polar surface area (TPSA) is 88.9 Å². The second-order valence-electron chi connectivity index (χ2n) is 5.31. The van der Waals surface area contributed by atoms with Crippen LogP contribution in [0.2, 0.25) is 0 Å². The molecule has 0 aliphatic carbocycles. The lowest BCUT2D eigenvalue weighted by Crippen LogP contribution is -2.48. The van der Waals surface area contributed by atoms with E-state index in [4.69, 9.17) is 0 Å². The first-order valence-electron chi connectivity index (χ1n) is 7.67. The number of nitrogens with one attached hydrogen (secondary N) is 2. The number of thiazole rings is 1. The largest absolute Gasteiger partial charge is 0.355 e. The fourth-order valence-electron chi connectivity index (χ4n) is 2.31. The maximum Gasteiger partial charge on any atom is 0.281 e. The van der Waals surface area contributed by atoms with Gasteiger partial charge in [0.1, 0.15) is 6.04 Å². The number of carbonyl (C=O) groups excluding carboxylic acids is 2. The number of hydrogen-bond acceptors (Lipinski definition) is 5. The van der Waals surface area contributed by atoms with Gasteiger partial charge in [-0.25, -0.2) is 9.97 Å². The van der Waals surface area contributed by atoms with Gasteiger partial charge in [0, 0.05) is 23.4 Å². The van der Waals surface area contributed by atoms with Crippen LogP contribution in [0.25, 0.3) is 10.2 Å². The molecule has 3 aromatic rings. The SMILES string of the molecule is CCNC(=O)[C@H](Cn1ccnc1)NC(=O)c1nc2ccc(Br)cc2s1. The van der Waals surface area contributed by atoms with Crippen molar-refractivity contribution in [2.24, 2.45) is 0 Å². The Labute approximate surface area is 156 Å². The van der Waals surface area contributed by atoms with Crippen LogP contribution in [0.15, 0.2) is 41.4 Å². The van der Waals surface area contributed by atoms with Crippen LogP contribution in [-0.2, 0) is 11.3 Å². The number of likely N-dealkylation sites (N-methyl/N-ethyl adjacent to an activating group) is 1. The molecule has 2 aromatic heterocycles. The van der Waals surface area contributed by atoms with E-state index >= 15 is 0 Å². The molecule has 0 saturated carbocycles. The molecule has 7 nitrogen and oxygen atoms in total. The van der Waals surface area contributed by atoms with Gasteiger partial charge in [0.25, 0.3) is 5.91 Å². The predicted octanol–water partition coefficient (Wildman–Crippen LogP) is 2.19. The Balaban J connectivity index is 1.79. The second kappa shape index (κ2) is 7.75. The zero-order chi connectivity index (χ0) is 17.8. The normalized spacial score (nSPS) is 12.1. The minimum Gasteiger partial charge on any atom is -0.355 e. The minimum absolute atomic E-state index is 0.242. The van der Waals surface area contributed by atoms with Crippen LogP contribution in [0.5, 0.6) is 0 Å². The lowest BCUT2D eigenvalue weighted by molar-refractivity contribution is -0.123. The summed E-state index contributed by atoms with van der Waals surface area (Å²) in [6, 6.07) is 4.93. The summed E-state index contributed by atoms with van der Waals surface area (Å²) in [7, 11) is 0. The summed E-state index contributed by atoms with van der Waals surface area (Å²) in [6.07, 6.45) is 4.98. The van der Waals surface area contributed by atoms with Gasteiger partial charge in [-0.1, -0.05) is 15.9 Å². The number of rotatable bonds is 6. The van der Waals surface area contributed by atoms with Crippen LogP contribution in [0.3, 0.4) is 0 Å². The van der Waals surface area contributed by atoms with Crippen molar-refractivity contribution < 1.29 is 9.59 Å². The van der Waals surface area contributed by atoms with Crippen molar-refractivity contribution in [3.05, 3.63) is 46.4 Å². The van der Waals surface area contributed by atoms with Gasteiger partial charge in [-0.2, -0.15) is 0 Å². The molecule has 0 unspecified atom stereocenters. The van der Waals surface area contributed by atoms with Crippen LogP contribution in [0, 0.1) is 0 Å². The Kier molecular flexibility index (Phi) is 5.44. The molecule has 0 radical (unpaired) electrons. The van der Waals surface area contributed by atoms with Gasteiger partial charge in [-0.05, 0) is 25.1 Å². The first-order valence-corrected chi connectivity index (χ1v) is 9.28. The molecule has 0 aliphatic rings. The third-order valence-electron chi connectivity index (χ3n) is 3.47. The Bertz CT molecular complexity index is 893. The Morgan fingerprint density at radius 3 is 2.96 bits per heavy atom. The van der Waals surface area contributed by atoms with Crippen molar-refractivity contribution in [2.75, 3.05) is 6.54 Å². The standard InChI is InChI=1S/C16H16BrN5O2S/c1-2-19-14(23)12(8-22-6-5-18-9-22)20-15(24)16-21-11-4-3-10(17)7-13(11)25-16/h3-7,9,12H,2,8H2,1H3,(H,19,23)(H,20,24)/t12-/m0/s1. The maximum atomic E-state index is 12.6. The number of halogens is 1. The number of carbonyl (C=O) groups is 2. The van der Waals surface area contributed by atoms with E-state index in [0.717, 1.165) is 14.7 Å². The van der Waals surface area contributed by atoms with E-state index in [1.165, 1.54) is 11.3 Å². The molecule has 0 bridgehead atoms. The van der Waals surface area contributed by atoms with Crippen molar-refractivity contribution in [1.82, 2.24) is 25.2 Å². The van der Waals surface area contributed by atoms with E-state index in [9.17, 15) is 9.59 Å². The quantitative estimate of drug-likeness (QED) is 0.638. The maximum absolute atomic E-state index is 12.6. The molecule has 9 heteroatoms. The molecular formula is C16H16BrN5O2S. The minimum atomic E-state index is -0.708. The number of hydrogen-bond donors (Lipinski definition) is 2. The second-order valence-corrected chi connectivity index (χ2v) is 7.26. The summed E-state index contributed by atoms with van der Waals surface area (Å²) in [4.78, 5) is 33.1. The monoisotopic (exact) mass is 421 g/mol. The third kappa shape index (κ3) is 4.23. The molecule has 2 amide bonds. The Hall–Kier alpha value is -2.26. The number of fused-ring (bicyclic) bond motifs is 1. The molecule has 0 saturated heterocycles. The fourth-order valence-corrected chi connectivity index (χ4v) is 3.73. The number of nitrogens with zero attached hydrogens (tertiary/aromatic N) is 3. The molecule has 25 heavy (non-hydrogen) atoms. The first kappa shape index (κ1) is 17.6. The molecule has 0 aliphatic heterocycles. The van der Waals surface area contributed by atoms with Crippen LogP contribution >= 0.6 is 27.3 Å². The summed E-state index contributed by atoms with van der Waals surface area (Å²) in [5.74, 6) is -0.609.